The quantitative estimate of drug-likeness (QED) is 0.633. The van der Waals surface area contributed by atoms with Crippen LogP contribution in [0.2, 0.25) is 0 Å². The van der Waals surface area contributed by atoms with Gasteiger partial charge >= 0.3 is 11.1 Å². The fourth-order valence-corrected chi connectivity index (χ4v) is 4.28. The summed E-state index contributed by atoms with van der Waals surface area (Å²) >= 11 is 0. The van der Waals surface area contributed by atoms with Crippen molar-refractivity contribution in [3.63, 3.8) is 0 Å². The van der Waals surface area contributed by atoms with E-state index in [0.29, 0.717) is 16.7 Å². The zero-order valence-corrected chi connectivity index (χ0v) is 17.1. The van der Waals surface area contributed by atoms with Gasteiger partial charge in [0.25, 0.3) is 0 Å². The lowest BCUT2D eigenvalue weighted by atomic mass is 10.2. The summed E-state index contributed by atoms with van der Waals surface area (Å²) in [5.74, 6) is -0.783. The standard InChI is InChI=1S/C20H21N3O5S/c1-13-6-4-5-7-15(13)21-18(24)10-11-29(27,28)14-8-9-16-17(12-14)23(3)20(26)19(25)22(16)2/h4-9,12H,10-11H2,1-3H3,(H,21,24). The molecule has 1 amide bonds. The maximum Gasteiger partial charge on any atom is 0.316 e. The van der Waals surface area contributed by atoms with Crippen LogP contribution in [0.25, 0.3) is 11.0 Å². The molecule has 0 bridgehead atoms. The Labute approximate surface area is 167 Å². The van der Waals surface area contributed by atoms with Crippen LogP contribution in [0, 0.1) is 6.92 Å². The number of anilines is 1. The third-order valence-corrected chi connectivity index (χ3v) is 6.55. The molecule has 152 valence electrons. The Hall–Kier alpha value is -3.20. The fourth-order valence-electron chi connectivity index (χ4n) is 3.03. The number of aromatic nitrogens is 2. The van der Waals surface area contributed by atoms with E-state index in [9.17, 15) is 22.8 Å². The second-order valence-corrected chi connectivity index (χ2v) is 8.92. The molecule has 0 aliphatic rings. The lowest BCUT2D eigenvalue weighted by molar-refractivity contribution is -0.115. The topological polar surface area (TPSA) is 107 Å². The molecule has 8 nitrogen and oxygen atoms in total. The number of carbonyl (C=O) groups excluding carboxylic acids is 1. The summed E-state index contributed by atoms with van der Waals surface area (Å²) in [6, 6.07) is 11.4. The third-order valence-electron chi connectivity index (χ3n) is 4.84. The Bertz CT molecular complexity index is 1340. The number of nitrogens with zero attached hydrogens (tertiary/aromatic N) is 2. The Morgan fingerprint density at radius 2 is 1.59 bits per heavy atom. The van der Waals surface area contributed by atoms with Gasteiger partial charge in [-0.1, -0.05) is 18.2 Å². The molecular weight excluding hydrogens is 394 g/mol. The second-order valence-electron chi connectivity index (χ2n) is 6.81. The average molecular weight is 415 g/mol. The second kappa shape index (κ2) is 7.67. The van der Waals surface area contributed by atoms with Crippen LogP contribution in [-0.2, 0) is 28.7 Å². The molecule has 0 aliphatic carbocycles. The van der Waals surface area contributed by atoms with Crippen molar-refractivity contribution in [1.29, 1.82) is 0 Å². The first-order valence-electron chi connectivity index (χ1n) is 8.90. The first-order valence-corrected chi connectivity index (χ1v) is 10.5. The van der Waals surface area contributed by atoms with Gasteiger partial charge in [-0.3, -0.25) is 14.4 Å². The molecule has 0 radical (unpaired) electrons. The summed E-state index contributed by atoms with van der Waals surface area (Å²) in [5.41, 5.74) is 0.841. The van der Waals surface area contributed by atoms with Gasteiger partial charge in [0.1, 0.15) is 0 Å². The molecule has 3 aromatic rings. The lowest BCUT2D eigenvalue weighted by Gasteiger charge is -2.11. The number of amides is 1. The van der Waals surface area contributed by atoms with Gasteiger partial charge in [0.2, 0.25) is 5.91 Å². The largest absolute Gasteiger partial charge is 0.326 e. The average Bonchev–Trinajstić information content (AvgIpc) is 2.70. The summed E-state index contributed by atoms with van der Waals surface area (Å²) in [6.07, 6.45) is -0.207. The maximum atomic E-state index is 12.7. The number of carbonyl (C=O) groups is 1. The van der Waals surface area contributed by atoms with Crippen LogP contribution in [-0.4, -0.2) is 29.2 Å². The summed E-state index contributed by atoms with van der Waals surface area (Å²) in [6.45, 7) is 1.85. The van der Waals surface area contributed by atoms with Gasteiger partial charge in [0.05, 0.1) is 21.7 Å². The summed E-state index contributed by atoms with van der Waals surface area (Å²) < 4.78 is 27.7. The number of hydrogen-bond acceptors (Lipinski definition) is 5. The Balaban J connectivity index is 1.85. The van der Waals surface area contributed by atoms with Gasteiger partial charge in [0.15, 0.2) is 9.84 Å². The number of benzene rings is 2. The SMILES string of the molecule is Cc1ccccc1NC(=O)CCS(=O)(=O)c1ccc2c(c1)n(C)c(=O)c(=O)n2C. The number of fused-ring (bicyclic) bond motifs is 1. The fraction of sp³-hybridized carbons (Fsp3) is 0.250. The molecule has 1 N–H and O–H groups in total. The van der Waals surface area contributed by atoms with Crippen LogP contribution < -0.4 is 16.4 Å². The zero-order chi connectivity index (χ0) is 21.3. The molecule has 2 aromatic carbocycles. The van der Waals surface area contributed by atoms with Crippen molar-refractivity contribution >= 4 is 32.5 Å². The minimum Gasteiger partial charge on any atom is -0.326 e. The number of rotatable bonds is 5. The highest BCUT2D eigenvalue weighted by Gasteiger charge is 2.19. The Kier molecular flexibility index (Phi) is 5.43. The van der Waals surface area contributed by atoms with Gasteiger partial charge < -0.3 is 14.5 Å². The van der Waals surface area contributed by atoms with Gasteiger partial charge in [0, 0.05) is 26.2 Å². The summed E-state index contributed by atoms with van der Waals surface area (Å²) in [7, 11) is -0.896. The lowest BCUT2D eigenvalue weighted by Crippen LogP contribution is -2.39. The van der Waals surface area contributed by atoms with Crippen molar-refractivity contribution in [2.75, 3.05) is 11.1 Å². The number of para-hydroxylation sites is 1. The number of nitrogens with one attached hydrogen (secondary N) is 1. The van der Waals surface area contributed by atoms with E-state index in [2.05, 4.69) is 5.32 Å². The van der Waals surface area contributed by atoms with E-state index in [1.54, 1.807) is 12.1 Å². The van der Waals surface area contributed by atoms with Gasteiger partial charge in [-0.05, 0) is 36.8 Å². The van der Waals surface area contributed by atoms with Crippen LogP contribution in [0.5, 0.6) is 0 Å². The molecule has 0 saturated carbocycles. The first kappa shape index (κ1) is 20.5. The Morgan fingerprint density at radius 3 is 2.24 bits per heavy atom. The Morgan fingerprint density at radius 1 is 0.966 bits per heavy atom. The number of hydrogen-bond donors (Lipinski definition) is 1. The smallest absolute Gasteiger partial charge is 0.316 e. The third kappa shape index (κ3) is 4.00. The molecule has 29 heavy (non-hydrogen) atoms. The molecule has 0 spiro atoms. The molecule has 0 fully saturated rings. The van der Waals surface area contributed by atoms with Gasteiger partial charge in [-0.25, -0.2) is 8.42 Å². The van der Waals surface area contributed by atoms with Crippen molar-refractivity contribution in [3.8, 4) is 0 Å². The molecule has 1 aromatic heterocycles. The van der Waals surface area contributed by atoms with Crippen molar-refractivity contribution in [2.24, 2.45) is 14.1 Å². The maximum absolute atomic E-state index is 12.7. The minimum absolute atomic E-state index is 0.0117. The van der Waals surface area contributed by atoms with E-state index >= 15 is 0 Å². The van der Waals surface area contributed by atoms with Crippen LogP contribution in [0.1, 0.15) is 12.0 Å². The van der Waals surface area contributed by atoms with E-state index in [4.69, 9.17) is 0 Å². The van der Waals surface area contributed by atoms with Crippen LogP contribution in [0.15, 0.2) is 56.9 Å². The predicted molar refractivity (Wildman–Crippen MR) is 111 cm³/mol. The molecule has 1 heterocycles. The van der Waals surface area contributed by atoms with Crippen LogP contribution in [0.3, 0.4) is 0 Å². The van der Waals surface area contributed by atoms with Crippen molar-refractivity contribution < 1.29 is 13.2 Å². The molecule has 0 saturated heterocycles. The zero-order valence-electron chi connectivity index (χ0n) is 16.3. The van der Waals surface area contributed by atoms with Crippen molar-refractivity contribution in [2.45, 2.75) is 18.2 Å². The van der Waals surface area contributed by atoms with Gasteiger partial charge in [-0.2, -0.15) is 0 Å². The highest BCUT2D eigenvalue weighted by atomic mass is 32.2. The molecule has 3 rings (SSSR count). The van der Waals surface area contributed by atoms with E-state index in [-0.39, 0.29) is 17.1 Å². The number of sulfone groups is 1. The molecular formula is C20H21N3O5S. The van der Waals surface area contributed by atoms with E-state index in [1.807, 2.05) is 19.1 Å². The van der Waals surface area contributed by atoms with E-state index < -0.39 is 26.9 Å². The first-order chi connectivity index (χ1) is 13.6. The number of aryl methyl sites for hydroxylation is 3. The summed E-state index contributed by atoms with van der Waals surface area (Å²) in [4.78, 5) is 36.1. The molecule has 0 aliphatic heterocycles. The van der Waals surface area contributed by atoms with Gasteiger partial charge in [-0.15, -0.1) is 0 Å². The summed E-state index contributed by atoms with van der Waals surface area (Å²) in [5, 5.41) is 2.71. The van der Waals surface area contributed by atoms with E-state index in [1.165, 1.54) is 36.9 Å². The monoisotopic (exact) mass is 415 g/mol. The molecule has 0 atom stereocenters. The molecule has 0 unspecified atom stereocenters. The normalized spacial score (nSPS) is 11.6. The molecule has 9 heteroatoms. The van der Waals surface area contributed by atoms with Crippen molar-refractivity contribution in [1.82, 2.24) is 9.13 Å². The van der Waals surface area contributed by atoms with Crippen LogP contribution in [0.4, 0.5) is 5.69 Å². The minimum atomic E-state index is -3.77. The highest BCUT2D eigenvalue weighted by molar-refractivity contribution is 7.91. The van der Waals surface area contributed by atoms with Crippen LogP contribution >= 0.6 is 0 Å². The predicted octanol–water partition coefficient (Wildman–Crippen LogP) is 1.35. The highest BCUT2D eigenvalue weighted by Crippen LogP contribution is 2.19. The van der Waals surface area contributed by atoms with E-state index in [0.717, 1.165) is 10.1 Å². The van der Waals surface area contributed by atoms with Crippen molar-refractivity contribution in [3.05, 3.63) is 68.7 Å².